The Bertz CT molecular complexity index is 390. The average molecular weight is 239 g/mol. The van der Waals surface area contributed by atoms with Crippen molar-refractivity contribution in [2.24, 2.45) is 0 Å². The second-order valence-corrected chi connectivity index (χ2v) is 4.96. The molecule has 0 atom stereocenters. The van der Waals surface area contributed by atoms with Gasteiger partial charge < -0.3 is 10.1 Å². The van der Waals surface area contributed by atoms with Crippen molar-refractivity contribution < 1.29 is 13.9 Å². The van der Waals surface area contributed by atoms with Crippen LogP contribution in [0.4, 0.5) is 10.1 Å². The first-order chi connectivity index (χ1) is 7.76. The zero-order valence-electron chi connectivity index (χ0n) is 10.6. The number of hydrogen-bond donors (Lipinski definition) is 1. The molecular weight excluding hydrogens is 221 g/mol. The third kappa shape index (κ3) is 5.33. The lowest BCUT2D eigenvalue weighted by Crippen LogP contribution is -2.28. The Kier molecular flexibility index (Phi) is 4.10. The summed E-state index contributed by atoms with van der Waals surface area (Å²) in [6.45, 7) is 7.23. The van der Waals surface area contributed by atoms with Gasteiger partial charge in [-0.25, -0.2) is 4.39 Å². The maximum atomic E-state index is 13.1. The molecule has 0 radical (unpaired) electrons. The van der Waals surface area contributed by atoms with Gasteiger partial charge in [0.25, 0.3) is 0 Å². The fourth-order valence-electron chi connectivity index (χ4n) is 1.39. The van der Waals surface area contributed by atoms with Crippen LogP contribution in [-0.4, -0.2) is 18.1 Å². The highest BCUT2D eigenvalue weighted by molar-refractivity contribution is 5.75. The summed E-state index contributed by atoms with van der Waals surface area (Å²) in [5, 5.41) is 2.83. The van der Waals surface area contributed by atoms with Crippen LogP contribution < -0.4 is 5.32 Å². The van der Waals surface area contributed by atoms with E-state index in [9.17, 15) is 9.18 Å². The summed E-state index contributed by atoms with van der Waals surface area (Å²) >= 11 is 0. The fourth-order valence-corrected chi connectivity index (χ4v) is 1.39. The number of ether oxygens (including phenoxy) is 1. The summed E-state index contributed by atoms with van der Waals surface area (Å²) < 4.78 is 18.2. The van der Waals surface area contributed by atoms with E-state index in [2.05, 4.69) is 5.32 Å². The van der Waals surface area contributed by atoms with Gasteiger partial charge in [0.05, 0.1) is 0 Å². The maximum Gasteiger partial charge on any atom is 0.325 e. The lowest BCUT2D eigenvalue weighted by atomic mass is 10.2. The van der Waals surface area contributed by atoms with Gasteiger partial charge in [-0.3, -0.25) is 4.79 Å². The molecule has 1 aromatic carbocycles. The molecule has 94 valence electrons. The number of nitrogens with one attached hydrogen (secondary N) is 1. The Labute approximate surface area is 101 Å². The van der Waals surface area contributed by atoms with E-state index in [4.69, 9.17) is 4.74 Å². The van der Waals surface area contributed by atoms with E-state index in [-0.39, 0.29) is 18.3 Å². The monoisotopic (exact) mass is 239 g/mol. The van der Waals surface area contributed by atoms with Crippen LogP contribution in [0.1, 0.15) is 26.3 Å². The molecule has 0 saturated heterocycles. The predicted octanol–water partition coefficient (Wildman–Crippen LogP) is 2.89. The van der Waals surface area contributed by atoms with Crippen molar-refractivity contribution in [2.45, 2.75) is 33.3 Å². The quantitative estimate of drug-likeness (QED) is 0.824. The Morgan fingerprint density at radius 1 is 1.35 bits per heavy atom. The van der Waals surface area contributed by atoms with Crippen LogP contribution in [0.25, 0.3) is 0 Å². The van der Waals surface area contributed by atoms with Gasteiger partial charge in [0, 0.05) is 5.69 Å². The Hall–Kier alpha value is -1.58. The van der Waals surface area contributed by atoms with Crippen molar-refractivity contribution in [3.63, 3.8) is 0 Å². The molecule has 0 aliphatic carbocycles. The second kappa shape index (κ2) is 5.17. The smallest absolute Gasteiger partial charge is 0.325 e. The zero-order valence-corrected chi connectivity index (χ0v) is 10.6. The molecule has 1 aromatic rings. The lowest BCUT2D eigenvalue weighted by Gasteiger charge is -2.19. The summed E-state index contributed by atoms with van der Waals surface area (Å²) in [5.41, 5.74) is 0.876. The van der Waals surface area contributed by atoms with Crippen molar-refractivity contribution in [1.29, 1.82) is 0 Å². The maximum absolute atomic E-state index is 13.1. The molecule has 0 fully saturated rings. The molecule has 0 aliphatic heterocycles. The van der Waals surface area contributed by atoms with E-state index in [1.165, 1.54) is 12.1 Å². The van der Waals surface area contributed by atoms with Gasteiger partial charge in [0.15, 0.2) is 0 Å². The number of anilines is 1. The number of carbonyl (C=O) groups is 1. The van der Waals surface area contributed by atoms with E-state index < -0.39 is 5.60 Å². The highest BCUT2D eigenvalue weighted by atomic mass is 19.1. The third-order valence-electron chi connectivity index (χ3n) is 1.90. The third-order valence-corrected chi connectivity index (χ3v) is 1.90. The van der Waals surface area contributed by atoms with Gasteiger partial charge in [-0.2, -0.15) is 0 Å². The predicted molar refractivity (Wildman–Crippen MR) is 65.5 cm³/mol. The standard InChI is InChI=1S/C13H18FNO2/c1-9-5-10(14)7-11(6-9)15-8-12(16)17-13(2,3)4/h5-7,15H,8H2,1-4H3. The normalized spacial score (nSPS) is 11.1. The largest absolute Gasteiger partial charge is 0.459 e. The molecule has 0 spiro atoms. The lowest BCUT2D eigenvalue weighted by molar-refractivity contribution is -0.152. The highest BCUT2D eigenvalue weighted by Gasteiger charge is 2.15. The van der Waals surface area contributed by atoms with Gasteiger partial charge in [0.1, 0.15) is 18.0 Å². The van der Waals surface area contributed by atoms with Crippen LogP contribution >= 0.6 is 0 Å². The average Bonchev–Trinajstić information content (AvgIpc) is 2.10. The van der Waals surface area contributed by atoms with E-state index in [0.29, 0.717) is 5.69 Å². The first kappa shape index (κ1) is 13.5. The molecular formula is C13H18FNO2. The molecule has 0 aliphatic rings. The SMILES string of the molecule is Cc1cc(F)cc(NCC(=O)OC(C)(C)C)c1. The molecule has 0 bridgehead atoms. The minimum atomic E-state index is -0.503. The molecule has 0 aromatic heterocycles. The second-order valence-electron chi connectivity index (χ2n) is 4.96. The number of rotatable bonds is 3. The van der Waals surface area contributed by atoms with Crippen LogP contribution in [0, 0.1) is 12.7 Å². The Morgan fingerprint density at radius 3 is 2.53 bits per heavy atom. The molecule has 0 unspecified atom stereocenters. The molecule has 4 heteroatoms. The molecule has 0 amide bonds. The minimum Gasteiger partial charge on any atom is -0.459 e. The minimum absolute atomic E-state index is 0.0279. The molecule has 3 nitrogen and oxygen atoms in total. The van der Waals surface area contributed by atoms with Gasteiger partial charge in [0.2, 0.25) is 0 Å². The molecule has 17 heavy (non-hydrogen) atoms. The van der Waals surface area contributed by atoms with E-state index >= 15 is 0 Å². The van der Waals surface area contributed by atoms with Crippen molar-refractivity contribution >= 4 is 11.7 Å². The summed E-state index contributed by atoms with van der Waals surface area (Å²) in [5.74, 6) is -0.684. The van der Waals surface area contributed by atoms with Crippen LogP contribution in [0.3, 0.4) is 0 Å². The topological polar surface area (TPSA) is 38.3 Å². The van der Waals surface area contributed by atoms with Gasteiger partial charge >= 0.3 is 5.97 Å². The number of esters is 1. The van der Waals surface area contributed by atoms with E-state index in [0.717, 1.165) is 5.56 Å². The number of aryl methyl sites for hydroxylation is 1. The number of hydrogen-bond acceptors (Lipinski definition) is 3. The summed E-state index contributed by atoms with van der Waals surface area (Å²) in [4.78, 5) is 11.4. The Morgan fingerprint density at radius 2 is 2.00 bits per heavy atom. The number of benzene rings is 1. The van der Waals surface area contributed by atoms with Gasteiger partial charge in [-0.15, -0.1) is 0 Å². The van der Waals surface area contributed by atoms with E-state index in [1.54, 1.807) is 33.8 Å². The van der Waals surface area contributed by atoms with Crippen LogP contribution in [0.5, 0.6) is 0 Å². The first-order valence-corrected chi connectivity index (χ1v) is 5.49. The van der Waals surface area contributed by atoms with Crippen molar-refractivity contribution in [3.05, 3.63) is 29.6 Å². The van der Waals surface area contributed by atoms with Crippen molar-refractivity contribution in [2.75, 3.05) is 11.9 Å². The first-order valence-electron chi connectivity index (χ1n) is 5.49. The zero-order chi connectivity index (χ0) is 13.1. The summed E-state index contributed by atoms with van der Waals surface area (Å²) in [7, 11) is 0. The van der Waals surface area contributed by atoms with Crippen LogP contribution in [0.15, 0.2) is 18.2 Å². The molecule has 0 saturated carbocycles. The van der Waals surface area contributed by atoms with E-state index in [1.807, 2.05) is 0 Å². The Balaban J connectivity index is 2.53. The number of carbonyl (C=O) groups excluding carboxylic acids is 1. The highest BCUT2D eigenvalue weighted by Crippen LogP contribution is 2.13. The summed E-state index contributed by atoms with van der Waals surface area (Å²) in [6.07, 6.45) is 0. The van der Waals surface area contributed by atoms with Crippen LogP contribution in [0.2, 0.25) is 0 Å². The summed E-state index contributed by atoms with van der Waals surface area (Å²) in [6, 6.07) is 4.55. The van der Waals surface area contributed by atoms with Gasteiger partial charge in [-0.1, -0.05) is 0 Å². The number of halogens is 1. The van der Waals surface area contributed by atoms with Crippen molar-refractivity contribution in [1.82, 2.24) is 0 Å². The molecule has 0 heterocycles. The van der Waals surface area contributed by atoms with Gasteiger partial charge in [-0.05, 0) is 51.5 Å². The molecule has 1 N–H and O–H groups in total. The molecule has 1 rings (SSSR count). The van der Waals surface area contributed by atoms with Crippen molar-refractivity contribution in [3.8, 4) is 0 Å². The fraction of sp³-hybridized carbons (Fsp3) is 0.462. The van der Waals surface area contributed by atoms with Crippen LogP contribution in [-0.2, 0) is 9.53 Å².